The van der Waals surface area contributed by atoms with Gasteiger partial charge < -0.3 is 10.1 Å². The van der Waals surface area contributed by atoms with Crippen LogP contribution >= 0.6 is 0 Å². The molecule has 26 heavy (non-hydrogen) atoms. The molecule has 0 atom stereocenters. The molecule has 1 fully saturated rings. The van der Waals surface area contributed by atoms with Crippen LogP contribution in [-0.2, 0) is 24.3 Å². The number of ether oxygens (including phenoxy) is 1. The summed E-state index contributed by atoms with van der Waals surface area (Å²) in [6, 6.07) is 2.64. The molecule has 0 bridgehead atoms. The lowest BCUT2D eigenvalue weighted by atomic mass is 9.95. The van der Waals surface area contributed by atoms with E-state index in [2.05, 4.69) is 10.1 Å². The molecule has 1 aromatic carbocycles. The van der Waals surface area contributed by atoms with Crippen molar-refractivity contribution in [3.63, 3.8) is 0 Å². The first-order valence-corrected chi connectivity index (χ1v) is 9.66. The van der Waals surface area contributed by atoms with Crippen LogP contribution < -0.4 is 10.0 Å². The van der Waals surface area contributed by atoms with Gasteiger partial charge in [-0.15, -0.1) is 0 Å². The predicted octanol–water partition coefficient (Wildman–Crippen LogP) is 1.24. The Balaban J connectivity index is 1.80. The van der Waals surface area contributed by atoms with Crippen LogP contribution in [0, 0.1) is 11.6 Å². The number of carbonyl (C=O) groups excluding carboxylic acids is 2. The Hall–Kier alpha value is -2.07. The molecule has 0 saturated heterocycles. The Kier molecular flexibility index (Phi) is 7.04. The molecule has 0 unspecified atom stereocenters. The van der Waals surface area contributed by atoms with Crippen molar-refractivity contribution in [1.82, 2.24) is 10.0 Å². The van der Waals surface area contributed by atoms with E-state index in [4.69, 9.17) is 0 Å². The highest BCUT2D eigenvalue weighted by Gasteiger charge is 2.24. The van der Waals surface area contributed by atoms with Crippen LogP contribution in [0.1, 0.15) is 32.1 Å². The highest BCUT2D eigenvalue weighted by Crippen LogP contribution is 2.18. The molecule has 10 heteroatoms. The van der Waals surface area contributed by atoms with Gasteiger partial charge in [-0.2, -0.15) is 4.72 Å². The zero-order chi connectivity index (χ0) is 19.2. The average Bonchev–Trinajstić information content (AvgIpc) is 2.59. The van der Waals surface area contributed by atoms with E-state index in [-0.39, 0.29) is 6.04 Å². The topological polar surface area (TPSA) is 102 Å². The molecule has 1 aromatic rings. The van der Waals surface area contributed by atoms with Crippen LogP contribution in [0.3, 0.4) is 0 Å². The fourth-order valence-corrected chi connectivity index (χ4v) is 3.78. The van der Waals surface area contributed by atoms with Crippen molar-refractivity contribution < 1.29 is 31.5 Å². The number of hydrogen-bond acceptors (Lipinski definition) is 5. The van der Waals surface area contributed by atoms with Crippen LogP contribution in [0.15, 0.2) is 23.1 Å². The Morgan fingerprint density at radius 2 is 1.73 bits per heavy atom. The van der Waals surface area contributed by atoms with Crippen molar-refractivity contribution in [2.75, 3.05) is 13.2 Å². The minimum Gasteiger partial charge on any atom is -0.455 e. The van der Waals surface area contributed by atoms with Gasteiger partial charge in [0.2, 0.25) is 10.0 Å². The number of esters is 1. The predicted molar refractivity (Wildman–Crippen MR) is 87.5 cm³/mol. The van der Waals surface area contributed by atoms with Gasteiger partial charge in [-0.25, -0.2) is 17.2 Å². The maximum Gasteiger partial charge on any atom is 0.321 e. The summed E-state index contributed by atoms with van der Waals surface area (Å²) in [4.78, 5) is 22.1. The SMILES string of the molecule is O=C(COC(=O)CNS(=O)(=O)c1c(F)cccc1F)NC1CCCCC1. The second kappa shape index (κ2) is 9.04. The molecular weight excluding hydrogens is 370 g/mol. The number of hydrogen-bond donors (Lipinski definition) is 2. The third-order valence-corrected chi connectivity index (χ3v) is 5.38. The molecular formula is C16H20F2N2O5S. The molecule has 1 amide bonds. The van der Waals surface area contributed by atoms with Gasteiger partial charge in [-0.1, -0.05) is 25.3 Å². The smallest absolute Gasteiger partial charge is 0.321 e. The maximum absolute atomic E-state index is 13.5. The molecule has 144 valence electrons. The number of sulfonamides is 1. The van der Waals surface area contributed by atoms with Crippen molar-refractivity contribution in [3.8, 4) is 0 Å². The molecule has 0 aromatic heterocycles. The Morgan fingerprint density at radius 1 is 1.12 bits per heavy atom. The van der Waals surface area contributed by atoms with E-state index < -0.39 is 51.6 Å². The zero-order valence-corrected chi connectivity index (χ0v) is 14.8. The van der Waals surface area contributed by atoms with Crippen molar-refractivity contribution in [3.05, 3.63) is 29.8 Å². The number of halogens is 2. The molecule has 1 aliphatic carbocycles. The van der Waals surface area contributed by atoms with E-state index in [0.717, 1.165) is 50.3 Å². The van der Waals surface area contributed by atoms with Crippen LogP contribution in [0.4, 0.5) is 8.78 Å². The van der Waals surface area contributed by atoms with Crippen molar-refractivity contribution >= 4 is 21.9 Å². The average molecular weight is 390 g/mol. The summed E-state index contributed by atoms with van der Waals surface area (Å²) in [5, 5.41) is 2.73. The van der Waals surface area contributed by atoms with E-state index in [1.165, 1.54) is 0 Å². The Morgan fingerprint density at radius 3 is 2.35 bits per heavy atom. The largest absolute Gasteiger partial charge is 0.455 e. The van der Waals surface area contributed by atoms with Gasteiger partial charge >= 0.3 is 5.97 Å². The van der Waals surface area contributed by atoms with Gasteiger partial charge in [0.1, 0.15) is 18.2 Å². The van der Waals surface area contributed by atoms with E-state index in [1.807, 2.05) is 0 Å². The summed E-state index contributed by atoms with van der Waals surface area (Å²) >= 11 is 0. The van der Waals surface area contributed by atoms with Gasteiger partial charge in [0.25, 0.3) is 5.91 Å². The third-order valence-electron chi connectivity index (χ3n) is 3.93. The zero-order valence-electron chi connectivity index (χ0n) is 14.0. The first-order chi connectivity index (χ1) is 12.3. The number of rotatable bonds is 7. The minimum absolute atomic E-state index is 0.0532. The van der Waals surface area contributed by atoms with Gasteiger partial charge in [0.05, 0.1) is 0 Å². The van der Waals surface area contributed by atoms with E-state index >= 15 is 0 Å². The lowest BCUT2D eigenvalue weighted by molar-refractivity contribution is -0.147. The third kappa shape index (κ3) is 5.73. The van der Waals surface area contributed by atoms with Gasteiger partial charge in [0, 0.05) is 6.04 Å². The molecule has 7 nitrogen and oxygen atoms in total. The molecule has 0 aliphatic heterocycles. The Bertz CT molecular complexity index is 744. The van der Waals surface area contributed by atoms with E-state index in [0.29, 0.717) is 0 Å². The summed E-state index contributed by atoms with van der Waals surface area (Å²) in [5.41, 5.74) is 0. The lowest BCUT2D eigenvalue weighted by Crippen LogP contribution is -2.39. The number of nitrogens with one attached hydrogen (secondary N) is 2. The molecule has 2 rings (SSSR count). The lowest BCUT2D eigenvalue weighted by Gasteiger charge is -2.22. The molecule has 0 spiro atoms. The highest BCUT2D eigenvalue weighted by atomic mass is 32.2. The van der Waals surface area contributed by atoms with Crippen LogP contribution in [0.25, 0.3) is 0 Å². The summed E-state index contributed by atoms with van der Waals surface area (Å²) in [5.74, 6) is -4.08. The fraction of sp³-hybridized carbons (Fsp3) is 0.500. The van der Waals surface area contributed by atoms with Gasteiger partial charge in [-0.05, 0) is 25.0 Å². The van der Waals surface area contributed by atoms with Gasteiger partial charge in [-0.3, -0.25) is 9.59 Å². The summed E-state index contributed by atoms with van der Waals surface area (Å²) in [6.07, 6.45) is 4.92. The van der Waals surface area contributed by atoms with Crippen molar-refractivity contribution in [2.24, 2.45) is 0 Å². The number of carbonyl (C=O) groups is 2. The standard InChI is InChI=1S/C16H20F2N2O5S/c17-12-7-4-8-13(18)16(12)26(23,24)19-9-15(22)25-10-14(21)20-11-5-2-1-3-6-11/h4,7-8,11,19H,1-3,5-6,9-10H2,(H,20,21). The van der Waals surface area contributed by atoms with Crippen molar-refractivity contribution in [1.29, 1.82) is 0 Å². The minimum atomic E-state index is -4.58. The number of benzene rings is 1. The second-order valence-electron chi connectivity index (χ2n) is 5.94. The maximum atomic E-state index is 13.5. The fourth-order valence-electron chi connectivity index (χ4n) is 2.68. The Labute approximate surface area is 150 Å². The summed E-state index contributed by atoms with van der Waals surface area (Å²) < 4.78 is 57.3. The molecule has 1 aliphatic rings. The summed E-state index contributed by atoms with van der Waals surface area (Å²) in [7, 11) is -4.58. The van der Waals surface area contributed by atoms with E-state index in [1.54, 1.807) is 4.72 Å². The molecule has 1 saturated carbocycles. The molecule has 0 heterocycles. The normalized spacial score (nSPS) is 15.5. The molecule has 2 N–H and O–H groups in total. The van der Waals surface area contributed by atoms with Gasteiger partial charge in [0.15, 0.2) is 11.5 Å². The highest BCUT2D eigenvalue weighted by molar-refractivity contribution is 7.89. The van der Waals surface area contributed by atoms with Crippen molar-refractivity contribution in [2.45, 2.75) is 43.0 Å². The van der Waals surface area contributed by atoms with E-state index in [9.17, 15) is 26.8 Å². The first-order valence-electron chi connectivity index (χ1n) is 8.18. The van der Waals surface area contributed by atoms with Crippen LogP contribution in [0.2, 0.25) is 0 Å². The van der Waals surface area contributed by atoms with Crippen LogP contribution in [-0.4, -0.2) is 39.5 Å². The monoisotopic (exact) mass is 390 g/mol. The number of amides is 1. The van der Waals surface area contributed by atoms with Crippen LogP contribution in [0.5, 0.6) is 0 Å². The second-order valence-corrected chi connectivity index (χ2v) is 7.64. The summed E-state index contributed by atoms with van der Waals surface area (Å²) in [6.45, 7) is -1.40. The molecule has 0 radical (unpaired) electrons. The first kappa shape index (κ1) is 20.2. The quantitative estimate of drug-likeness (QED) is 0.682.